The Balaban J connectivity index is 2.07. The predicted octanol–water partition coefficient (Wildman–Crippen LogP) is 4.90. The fraction of sp³-hybridized carbons (Fsp3) is 0.0526. The van der Waals surface area contributed by atoms with Gasteiger partial charge in [-0.15, -0.1) is 0 Å². The molecule has 0 atom stereocenters. The van der Waals surface area contributed by atoms with Gasteiger partial charge in [0, 0.05) is 10.7 Å². The molecule has 0 saturated heterocycles. The number of halogens is 1. The molecule has 0 N–H and O–H groups in total. The summed E-state index contributed by atoms with van der Waals surface area (Å²) in [4.78, 5) is 9.46. The van der Waals surface area contributed by atoms with Crippen LogP contribution in [0.3, 0.4) is 0 Å². The van der Waals surface area contributed by atoms with Gasteiger partial charge in [-0.3, -0.25) is 8.97 Å². The number of nitrogens with zero attached hydrogens (tertiary/aromatic N) is 4. The molecule has 2 aromatic carbocycles. The van der Waals surface area contributed by atoms with Crippen LogP contribution in [0.2, 0.25) is 0 Å². The van der Waals surface area contributed by atoms with Crippen molar-refractivity contribution >= 4 is 43.8 Å². The molecule has 0 fully saturated rings. The van der Waals surface area contributed by atoms with Crippen molar-refractivity contribution in [2.45, 2.75) is 6.92 Å². The summed E-state index contributed by atoms with van der Waals surface area (Å²) in [5.74, 6) is 1.75. The van der Waals surface area contributed by atoms with Gasteiger partial charge in [-0.2, -0.15) is 0 Å². The highest BCUT2D eigenvalue weighted by atomic mass is 79.9. The molecule has 0 aliphatic rings. The van der Waals surface area contributed by atoms with Gasteiger partial charge in [-0.25, -0.2) is 9.97 Å². The molecule has 5 rings (SSSR count). The van der Waals surface area contributed by atoms with E-state index in [9.17, 15) is 0 Å². The minimum absolute atomic E-state index is 0.868. The van der Waals surface area contributed by atoms with Crippen molar-refractivity contribution in [1.82, 2.24) is 18.9 Å². The van der Waals surface area contributed by atoms with E-state index in [1.807, 2.05) is 24.4 Å². The number of hydrogen-bond donors (Lipinski definition) is 0. The van der Waals surface area contributed by atoms with Gasteiger partial charge in [-0.1, -0.05) is 34.1 Å². The third kappa shape index (κ3) is 1.79. The molecule has 0 spiro atoms. The molecule has 0 unspecified atom stereocenters. The summed E-state index contributed by atoms with van der Waals surface area (Å²) >= 11 is 3.59. The molecule has 5 aromatic rings. The molecule has 0 aliphatic carbocycles. The number of benzene rings is 2. The summed E-state index contributed by atoms with van der Waals surface area (Å²) in [5, 5.41) is 0. The SMILES string of the molecule is Cc1cccc2c1nc1n(-c3ccccn3)c3ccc(Br)cc3n21. The van der Waals surface area contributed by atoms with E-state index in [0.717, 1.165) is 38.1 Å². The van der Waals surface area contributed by atoms with Crippen LogP contribution in [0.4, 0.5) is 0 Å². The lowest BCUT2D eigenvalue weighted by molar-refractivity contribution is 1.04. The van der Waals surface area contributed by atoms with Crippen LogP contribution in [0.25, 0.3) is 33.7 Å². The number of hydrogen-bond acceptors (Lipinski definition) is 2. The largest absolute Gasteiger partial charge is 0.276 e. The maximum atomic E-state index is 4.93. The van der Waals surface area contributed by atoms with Gasteiger partial charge in [0.25, 0.3) is 0 Å². The first-order chi connectivity index (χ1) is 11.7. The van der Waals surface area contributed by atoms with Gasteiger partial charge < -0.3 is 0 Å². The predicted molar refractivity (Wildman–Crippen MR) is 99.8 cm³/mol. The summed E-state index contributed by atoms with van der Waals surface area (Å²) in [6.07, 6.45) is 1.81. The zero-order valence-electron chi connectivity index (χ0n) is 12.9. The maximum absolute atomic E-state index is 4.93. The Morgan fingerprint density at radius 1 is 0.917 bits per heavy atom. The van der Waals surface area contributed by atoms with Crippen molar-refractivity contribution in [2.24, 2.45) is 0 Å². The average molecular weight is 377 g/mol. The van der Waals surface area contributed by atoms with Gasteiger partial charge in [0.1, 0.15) is 5.82 Å². The van der Waals surface area contributed by atoms with E-state index < -0.39 is 0 Å². The molecule has 0 saturated carbocycles. The summed E-state index contributed by atoms with van der Waals surface area (Å²) in [6.45, 7) is 2.10. The monoisotopic (exact) mass is 376 g/mol. The van der Waals surface area contributed by atoms with E-state index in [1.54, 1.807) is 0 Å². The molecule has 3 aromatic heterocycles. The zero-order valence-corrected chi connectivity index (χ0v) is 14.5. The summed E-state index contributed by atoms with van der Waals surface area (Å²) in [6, 6.07) is 18.5. The van der Waals surface area contributed by atoms with Crippen LogP contribution < -0.4 is 0 Å². The first kappa shape index (κ1) is 13.7. The fourth-order valence-electron chi connectivity index (χ4n) is 3.30. The van der Waals surface area contributed by atoms with Crippen molar-refractivity contribution < 1.29 is 0 Å². The van der Waals surface area contributed by atoms with Crippen LogP contribution in [0, 0.1) is 6.92 Å². The minimum Gasteiger partial charge on any atom is -0.276 e. The Morgan fingerprint density at radius 3 is 2.67 bits per heavy atom. The van der Waals surface area contributed by atoms with Crippen molar-refractivity contribution in [3.8, 4) is 5.82 Å². The zero-order chi connectivity index (χ0) is 16.3. The van der Waals surface area contributed by atoms with Crippen molar-refractivity contribution in [3.63, 3.8) is 0 Å². The van der Waals surface area contributed by atoms with Gasteiger partial charge in [-0.05, 0) is 48.9 Å². The summed E-state index contributed by atoms with van der Waals surface area (Å²) in [5.41, 5.74) is 5.51. The number of pyridine rings is 1. The number of aromatic nitrogens is 4. The number of imidazole rings is 2. The number of para-hydroxylation sites is 1. The van der Waals surface area contributed by atoms with Gasteiger partial charge >= 0.3 is 0 Å². The molecular weight excluding hydrogens is 364 g/mol. The molecule has 3 heterocycles. The topological polar surface area (TPSA) is 35.1 Å². The highest BCUT2D eigenvalue weighted by Gasteiger charge is 2.18. The fourth-order valence-corrected chi connectivity index (χ4v) is 3.65. The molecule has 116 valence electrons. The highest BCUT2D eigenvalue weighted by molar-refractivity contribution is 9.10. The smallest absolute Gasteiger partial charge is 0.221 e. The van der Waals surface area contributed by atoms with E-state index in [0.29, 0.717) is 0 Å². The second kappa shape index (κ2) is 4.92. The average Bonchev–Trinajstić information content (AvgIpc) is 3.11. The third-order valence-corrected chi connectivity index (χ3v) is 4.86. The minimum atomic E-state index is 0.868. The van der Waals surface area contributed by atoms with Crippen LogP contribution in [-0.2, 0) is 0 Å². The lowest BCUT2D eigenvalue weighted by atomic mass is 10.2. The Hall–Kier alpha value is -2.66. The van der Waals surface area contributed by atoms with Crippen LogP contribution >= 0.6 is 15.9 Å². The molecule has 0 bridgehead atoms. The second-order valence-electron chi connectivity index (χ2n) is 5.85. The Labute approximate surface area is 146 Å². The molecule has 0 amide bonds. The lowest BCUT2D eigenvalue weighted by Crippen LogP contribution is -1.97. The Bertz CT molecular complexity index is 1220. The van der Waals surface area contributed by atoms with E-state index in [2.05, 4.69) is 73.2 Å². The standard InChI is InChI=1S/C19H13BrN4/c1-12-5-4-6-15-18(12)22-19-23(15)16-11-13(20)8-9-14(16)24(19)17-7-2-3-10-21-17/h2-11H,1H3. The maximum Gasteiger partial charge on any atom is 0.221 e. The number of aryl methyl sites for hydroxylation is 1. The van der Waals surface area contributed by atoms with Crippen molar-refractivity contribution in [2.75, 3.05) is 0 Å². The summed E-state index contributed by atoms with van der Waals surface area (Å²) in [7, 11) is 0. The Kier molecular flexibility index (Phi) is 2.82. The normalized spacial score (nSPS) is 11.8. The van der Waals surface area contributed by atoms with Crippen LogP contribution in [0.1, 0.15) is 5.56 Å². The van der Waals surface area contributed by atoms with Crippen molar-refractivity contribution in [3.05, 3.63) is 70.8 Å². The Morgan fingerprint density at radius 2 is 1.83 bits per heavy atom. The molecule has 0 aliphatic heterocycles. The highest BCUT2D eigenvalue weighted by Crippen LogP contribution is 2.31. The third-order valence-electron chi connectivity index (χ3n) is 4.37. The van der Waals surface area contributed by atoms with E-state index >= 15 is 0 Å². The molecule has 0 radical (unpaired) electrons. The molecule has 5 heteroatoms. The molecule has 4 nitrogen and oxygen atoms in total. The van der Waals surface area contributed by atoms with Crippen molar-refractivity contribution in [1.29, 1.82) is 0 Å². The van der Waals surface area contributed by atoms with Gasteiger partial charge in [0.2, 0.25) is 5.78 Å². The first-order valence-corrected chi connectivity index (χ1v) is 8.52. The lowest BCUT2D eigenvalue weighted by Gasteiger charge is -2.03. The van der Waals surface area contributed by atoms with Gasteiger partial charge in [0.15, 0.2) is 0 Å². The quantitative estimate of drug-likeness (QED) is 0.417. The molecular formula is C19H13BrN4. The van der Waals surface area contributed by atoms with Crippen LogP contribution in [0.15, 0.2) is 65.3 Å². The first-order valence-electron chi connectivity index (χ1n) is 7.73. The van der Waals surface area contributed by atoms with Crippen LogP contribution in [0.5, 0.6) is 0 Å². The number of fused-ring (bicyclic) bond motifs is 5. The summed E-state index contributed by atoms with van der Waals surface area (Å²) < 4.78 is 5.36. The van der Waals surface area contributed by atoms with E-state index in [-0.39, 0.29) is 0 Å². The van der Waals surface area contributed by atoms with Crippen LogP contribution in [-0.4, -0.2) is 18.9 Å². The molecule has 24 heavy (non-hydrogen) atoms. The van der Waals surface area contributed by atoms with Gasteiger partial charge in [0.05, 0.1) is 22.1 Å². The van der Waals surface area contributed by atoms with E-state index in [4.69, 9.17) is 4.98 Å². The number of rotatable bonds is 1. The second-order valence-corrected chi connectivity index (χ2v) is 6.76. The van der Waals surface area contributed by atoms with E-state index in [1.165, 1.54) is 5.56 Å².